The van der Waals surface area contributed by atoms with Crippen LogP contribution in [0.1, 0.15) is 69.4 Å². The maximum absolute atomic E-state index is 6.42. The average Bonchev–Trinajstić information content (AvgIpc) is 2.68. The quantitative estimate of drug-likeness (QED) is 0.352. The topological polar surface area (TPSA) is 18.5 Å². The number of aryl methyl sites for hydroxylation is 2. The molecule has 0 aliphatic heterocycles. The van der Waals surface area contributed by atoms with Gasteiger partial charge in [0, 0.05) is 15.6 Å². The Hall–Kier alpha value is -2.26. The van der Waals surface area contributed by atoms with Crippen LogP contribution in [-0.2, 0) is 17.4 Å². The van der Waals surface area contributed by atoms with Gasteiger partial charge in [-0.1, -0.05) is 87.8 Å². The summed E-state index contributed by atoms with van der Waals surface area (Å²) in [6, 6.07) is 18.9. The summed E-state index contributed by atoms with van der Waals surface area (Å²) in [5, 5.41) is 0. The highest BCUT2D eigenvalue weighted by atomic mass is 79.9. The lowest BCUT2D eigenvalue weighted by Gasteiger charge is -2.27. The predicted molar refractivity (Wildman–Crippen MR) is 138 cm³/mol. The molecule has 0 N–H and O–H groups in total. The van der Waals surface area contributed by atoms with Gasteiger partial charge in [-0.15, -0.1) is 0 Å². The van der Waals surface area contributed by atoms with Gasteiger partial charge in [0.15, 0.2) is 0 Å². The van der Waals surface area contributed by atoms with Crippen LogP contribution in [0.25, 0.3) is 0 Å². The fraction of sp³-hybridized carbons (Fsp3) is 0.379. The molecule has 3 aromatic carbocycles. The summed E-state index contributed by atoms with van der Waals surface area (Å²) in [6.45, 7) is 18.0. The molecule has 0 aromatic heterocycles. The molecule has 0 saturated heterocycles. The summed E-state index contributed by atoms with van der Waals surface area (Å²) in [6.07, 6.45) is 0. The number of hydrogen-bond acceptors (Lipinski definition) is 2. The number of benzene rings is 3. The van der Waals surface area contributed by atoms with Crippen LogP contribution in [0.3, 0.4) is 0 Å². The molecule has 0 aliphatic rings. The third-order valence-electron chi connectivity index (χ3n) is 5.68. The summed E-state index contributed by atoms with van der Waals surface area (Å²) < 4.78 is 13.6. The fourth-order valence-electron chi connectivity index (χ4n) is 3.70. The Bertz CT molecular complexity index is 1080. The molecule has 170 valence electrons. The van der Waals surface area contributed by atoms with Crippen molar-refractivity contribution in [1.82, 2.24) is 0 Å². The molecule has 0 amide bonds. The van der Waals surface area contributed by atoms with E-state index in [2.05, 4.69) is 114 Å². The van der Waals surface area contributed by atoms with Crippen molar-refractivity contribution in [2.45, 2.75) is 72.8 Å². The van der Waals surface area contributed by atoms with Crippen LogP contribution >= 0.6 is 15.9 Å². The Balaban J connectivity index is 1.89. The number of rotatable bonds is 5. The van der Waals surface area contributed by atoms with E-state index in [0.29, 0.717) is 6.61 Å². The lowest BCUT2D eigenvalue weighted by atomic mass is 9.80. The van der Waals surface area contributed by atoms with Crippen molar-refractivity contribution < 1.29 is 9.47 Å². The van der Waals surface area contributed by atoms with Crippen molar-refractivity contribution in [3.05, 3.63) is 86.9 Å². The molecule has 32 heavy (non-hydrogen) atoms. The molecule has 0 aliphatic carbocycles. The lowest BCUT2D eigenvalue weighted by molar-refractivity contribution is 0.300. The Labute approximate surface area is 202 Å². The maximum Gasteiger partial charge on any atom is 0.131 e. The molecule has 3 heteroatoms. The monoisotopic (exact) mass is 494 g/mol. The molecular formula is C29H35BrO2. The SMILES string of the molecule is Cc1cccc(C)c1OCc1cc(Oc2ccc(C(C)(C)C)cc2C(C)(C)C)ccc1Br. The van der Waals surface area contributed by atoms with E-state index in [1.807, 2.05) is 12.1 Å². The van der Waals surface area contributed by atoms with Gasteiger partial charge in [0.2, 0.25) is 0 Å². The van der Waals surface area contributed by atoms with Crippen molar-refractivity contribution in [2.75, 3.05) is 0 Å². The van der Waals surface area contributed by atoms with Crippen LogP contribution in [0.15, 0.2) is 59.1 Å². The molecule has 3 aromatic rings. The zero-order chi connectivity index (χ0) is 23.7. The first-order chi connectivity index (χ1) is 14.9. The molecule has 3 rings (SSSR count). The lowest BCUT2D eigenvalue weighted by Crippen LogP contribution is -2.17. The van der Waals surface area contributed by atoms with E-state index in [0.717, 1.165) is 38.4 Å². The van der Waals surface area contributed by atoms with Gasteiger partial charge < -0.3 is 9.47 Å². The second-order valence-corrected chi connectivity index (χ2v) is 11.4. The molecule has 0 saturated carbocycles. The van der Waals surface area contributed by atoms with E-state index in [1.54, 1.807) is 0 Å². The molecule has 0 heterocycles. The second-order valence-electron chi connectivity index (χ2n) is 10.6. The largest absolute Gasteiger partial charge is 0.488 e. The first kappa shape index (κ1) is 24.4. The minimum absolute atomic E-state index is 0.0275. The van der Waals surface area contributed by atoms with Crippen LogP contribution in [0.5, 0.6) is 17.2 Å². The standard InChI is InChI=1S/C29H35BrO2/c1-19-10-9-11-20(2)27(19)31-18-21-16-23(13-14-25(21)30)32-26-15-12-22(28(3,4)5)17-24(26)29(6,7)8/h9-17H,18H2,1-8H3. The zero-order valence-corrected chi connectivity index (χ0v) is 22.2. The van der Waals surface area contributed by atoms with Crippen molar-refractivity contribution in [3.8, 4) is 17.2 Å². The Morgan fingerprint density at radius 3 is 2.03 bits per heavy atom. The normalized spacial score (nSPS) is 12.0. The van der Waals surface area contributed by atoms with Crippen LogP contribution in [0.4, 0.5) is 0 Å². The van der Waals surface area contributed by atoms with E-state index in [-0.39, 0.29) is 10.8 Å². The van der Waals surface area contributed by atoms with Crippen molar-refractivity contribution in [3.63, 3.8) is 0 Å². The molecule has 2 nitrogen and oxygen atoms in total. The number of hydrogen-bond donors (Lipinski definition) is 0. The van der Waals surface area contributed by atoms with Gasteiger partial charge >= 0.3 is 0 Å². The number of ether oxygens (including phenoxy) is 2. The summed E-state index contributed by atoms with van der Waals surface area (Å²) in [7, 11) is 0. The second kappa shape index (κ2) is 9.31. The molecular weight excluding hydrogens is 460 g/mol. The van der Waals surface area contributed by atoms with E-state index in [9.17, 15) is 0 Å². The van der Waals surface area contributed by atoms with Gasteiger partial charge in [-0.3, -0.25) is 0 Å². The smallest absolute Gasteiger partial charge is 0.131 e. The van der Waals surface area contributed by atoms with E-state index in [1.165, 1.54) is 11.1 Å². The third kappa shape index (κ3) is 5.75. The van der Waals surface area contributed by atoms with Gasteiger partial charge in [-0.2, -0.15) is 0 Å². The van der Waals surface area contributed by atoms with Gasteiger partial charge in [0.1, 0.15) is 23.9 Å². The van der Waals surface area contributed by atoms with Crippen LogP contribution in [-0.4, -0.2) is 0 Å². The summed E-state index contributed by atoms with van der Waals surface area (Å²) in [4.78, 5) is 0. The molecule has 0 fully saturated rings. The Kier molecular flexibility index (Phi) is 7.09. The molecule has 0 atom stereocenters. The van der Waals surface area contributed by atoms with Crippen LogP contribution in [0.2, 0.25) is 0 Å². The minimum atomic E-state index is -0.0275. The van der Waals surface area contributed by atoms with Crippen LogP contribution in [0, 0.1) is 13.8 Å². The number of para-hydroxylation sites is 1. The van der Waals surface area contributed by atoms with Gasteiger partial charge in [-0.25, -0.2) is 0 Å². The summed E-state index contributed by atoms with van der Waals surface area (Å²) in [5.41, 5.74) is 5.92. The van der Waals surface area contributed by atoms with Crippen molar-refractivity contribution in [1.29, 1.82) is 0 Å². The first-order valence-corrected chi connectivity index (χ1v) is 12.0. The third-order valence-corrected chi connectivity index (χ3v) is 6.45. The maximum atomic E-state index is 6.42. The van der Waals surface area contributed by atoms with E-state index in [4.69, 9.17) is 9.47 Å². The van der Waals surface area contributed by atoms with E-state index >= 15 is 0 Å². The van der Waals surface area contributed by atoms with Gasteiger partial charge in [0.25, 0.3) is 0 Å². The molecule has 0 spiro atoms. The predicted octanol–water partition coefficient (Wildman–Crippen LogP) is 9.03. The minimum Gasteiger partial charge on any atom is -0.488 e. The van der Waals surface area contributed by atoms with Gasteiger partial charge in [0.05, 0.1) is 0 Å². The average molecular weight is 496 g/mol. The summed E-state index contributed by atoms with van der Waals surface area (Å²) in [5.74, 6) is 2.65. The van der Waals surface area contributed by atoms with Crippen molar-refractivity contribution >= 4 is 15.9 Å². The molecule has 0 radical (unpaired) electrons. The fourth-order valence-corrected chi connectivity index (χ4v) is 4.06. The molecule has 0 bridgehead atoms. The Morgan fingerprint density at radius 1 is 0.781 bits per heavy atom. The summed E-state index contributed by atoms with van der Waals surface area (Å²) >= 11 is 3.67. The van der Waals surface area contributed by atoms with E-state index < -0.39 is 0 Å². The number of halogens is 1. The first-order valence-electron chi connectivity index (χ1n) is 11.2. The highest BCUT2D eigenvalue weighted by molar-refractivity contribution is 9.10. The zero-order valence-electron chi connectivity index (χ0n) is 20.6. The molecule has 0 unspecified atom stereocenters. The highest BCUT2D eigenvalue weighted by Gasteiger charge is 2.23. The van der Waals surface area contributed by atoms with Crippen molar-refractivity contribution in [2.24, 2.45) is 0 Å². The Morgan fingerprint density at radius 2 is 1.44 bits per heavy atom. The highest BCUT2D eigenvalue weighted by Crippen LogP contribution is 2.38. The van der Waals surface area contributed by atoms with Crippen LogP contribution < -0.4 is 9.47 Å². The van der Waals surface area contributed by atoms with Gasteiger partial charge in [-0.05, 0) is 65.6 Å².